The highest BCUT2D eigenvalue weighted by molar-refractivity contribution is 6.03. The van der Waals surface area contributed by atoms with Crippen LogP contribution in [0.15, 0.2) is 18.2 Å². The first-order valence-corrected chi connectivity index (χ1v) is 6.51. The Balaban J connectivity index is 2.09. The number of piperidine rings is 1. The lowest BCUT2D eigenvalue weighted by Crippen LogP contribution is -2.55. The van der Waals surface area contributed by atoms with Crippen molar-refractivity contribution in [3.8, 4) is 0 Å². The smallest absolute Gasteiger partial charge is 0.335 e. The zero-order chi connectivity index (χ0) is 13.6. The zero-order valence-corrected chi connectivity index (χ0v) is 10.8. The summed E-state index contributed by atoms with van der Waals surface area (Å²) in [7, 11) is 1.93. The number of carboxylic acids is 1. The molecule has 0 bridgehead atoms. The van der Waals surface area contributed by atoms with E-state index in [1.807, 2.05) is 16.8 Å². The highest BCUT2D eigenvalue weighted by Gasteiger charge is 2.37. The molecule has 0 spiro atoms. The van der Waals surface area contributed by atoms with E-state index in [-0.39, 0.29) is 17.6 Å². The van der Waals surface area contributed by atoms with E-state index in [0.717, 1.165) is 31.5 Å². The van der Waals surface area contributed by atoms with Crippen molar-refractivity contribution < 1.29 is 14.7 Å². The number of rotatable bonds is 1. The molecule has 1 amide bonds. The van der Waals surface area contributed by atoms with Crippen LogP contribution in [0.25, 0.3) is 0 Å². The number of nitrogens with zero attached hydrogens (tertiary/aromatic N) is 2. The van der Waals surface area contributed by atoms with E-state index in [1.54, 1.807) is 12.1 Å². The summed E-state index contributed by atoms with van der Waals surface area (Å²) in [5.74, 6) is -0.940. The Kier molecular flexibility index (Phi) is 2.69. The highest BCUT2D eigenvalue weighted by Crippen LogP contribution is 2.34. The lowest BCUT2D eigenvalue weighted by molar-refractivity contribution is 0.0587. The van der Waals surface area contributed by atoms with Crippen LogP contribution in [0.3, 0.4) is 0 Å². The first-order valence-electron chi connectivity index (χ1n) is 6.51. The van der Waals surface area contributed by atoms with E-state index < -0.39 is 5.97 Å². The number of anilines is 1. The van der Waals surface area contributed by atoms with E-state index in [4.69, 9.17) is 5.11 Å². The van der Waals surface area contributed by atoms with Crippen molar-refractivity contribution in [1.82, 2.24) is 4.90 Å². The molecule has 0 aromatic heterocycles. The van der Waals surface area contributed by atoms with Crippen LogP contribution in [0.2, 0.25) is 0 Å². The minimum absolute atomic E-state index is 0.0229. The fourth-order valence-electron chi connectivity index (χ4n) is 3.01. The lowest BCUT2D eigenvalue weighted by atomic mass is 9.98. The topological polar surface area (TPSA) is 60.9 Å². The third kappa shape index (κ3) is 1.77. The summed E-state index contributed by atoms with van der Waals surface area (Å²) >= 11 is 0. The molecule has 1 atom stereocenters. The molecule has 5 heteroatoms. The van der Waals surface area contributed by atoms with Gasteiger partial charge >= 0.3 is 5.97 Å². The number of aromatic carboxylic acids is 1. The summed E-state index contributed by atoms with van der Waals surface area (Å²) in [4.78, 5) is 27.4. The molecule has 1 fully saturated rings. The number of carbonyl (C=O) groups excluding carboxylic acids is 1. The standard InChI is InChI=1S/C14H16N2O3/c1-15-11-8-9(14(18)19)5-6-10(11)13(17)16-7-3-2-4-12(15)16/h5-6,8,12H,2-4,7H2,1H3,(H,18,19). The van der Waals surface area contributed by atoms with Crippen LogP contribution in [0.4, 0.5) is 5.69 Å². The average Bonchev–Trinajstić information content (AvgIpc) is 2.44. The minimum Gasteiger partial charge on any atom is -0.478 e. The lowest BCUT2D eigenvalue weighted by Gasteiger charge is -2.46. The maximum atomic E-state index is 12.4. The number of carbonyl (C=O) groups is 2. The third-order valence-corrected chi connectivity index (χ3v) is 4.03. The van der Waals surface area contributed by atoms with Gasteiger partial charge in [0.25, 0.3) is 5.91 Å². The van der Waals surface area contributed by atoms with E-state index in [2.05, 4.69) is 0 Å². The van der Waals surface area contributed by atoms with Gasteiger partial charge in [-0.3, -0.25) is 4.79 Å². The molecular weight excluding hydrogens is 244 g/mol. The Morgan fingerprint density at radius 3 is 2.89 bits per heavy atom. The molecule has 0 saturated carbocycles. The monoisotopic (exact) mass is 260 g/mol. The van der Waals surface area contributed by atoms with Crippen molar-refractivity contribution >= 4 is 17.6 Å². The predicted molar refractivity (Wildman–Crippen MR) is 70.5 cm³/mol. The van der Waals surface area contributed by atoms with E-state index in [0.29, 0.717) is 5.56 Å². The summed E-state index contributed by atoms with van der Waals surface area (Å²) < 4.78 is 0. The van der Waals surface area contributed by atoms with Crippen molar-refractivity contribution in [2.45, 2.75) is 25.4 Å². The van der Waals surface area contributed by atoms with Gasteiger partial charge in [0.05, 0.1) is 16.8 Å². The Bertz CT molecular complexity index is 556. The molecule has 1 N–H and O–H groups in total. The van der Waals surface area contributed by atoms with Gasteiger partial charge in [-0.2, -0.15) is 0 Å². The molecule has 0 aliphatic carbocycles. The summed E-state index contributed by atoms with van der Waals surface area (Å²) in [6, 6.07) is 4.72. The summed E-state index contributed by atoms with van der Waals surface area (Å²) in [5, 5.41) is 9.06. The molecule has 1 aromatic carbocycles. The van der Waals surface area contributed by atoms with Crippen LogP contribution < -0.4 is 4.90 Å². The normalized spacial score (nSPS) is 21.9. The van der Waals surface area contributed by atoms with Gasteiger partial charge in [0.1, 0.15) is 6.17 Å². The number of fused-ring (bicyclic) bond motifs is 2. The molecule has 1 aromatic rings. The van der Waals surface area contributed by atoms with Crippen LogP contribution in [0.1, 0.15) is 40.0 Å². The predicted octanol–water partition coefficient (Wildman–Crippen LogP) is 1.79. The van der Waals surface area contributed by atoms with Crippen LogP contribution in [-0.2, 0) is 0 Å². The molecular formula is C14H16N2O3. The van der Waals surface area contributed by atoms with Crippen molar-refractivity contribution in [1.29, 1.82) is 0 Å². The van der Waals surface area contributed by atoms with E-state index in [9.17, 15) is 9.59 Å². The van der Waals surface area contributed by atoms with Gasteiger partial charge < -0.3 is 14.9 Å². The molecule has 2 aliphatic heterocycles. The molecule has 19 heavy (non-hydrogen) atoms. The fourth-order valence-corrected chi connectivity index (χ4v) is 3.01. The molecule has 3 rings (SSSR count). The summed E-state index contributed by atoms with van der Waals surface area (Å²) in [6.07, 6.45) is 3.16. The molecule has 1 unspecified atom stereocenters. The number of amides is 1. The van der Waals surface area contributed by atoms with Crippen molar-refractivity contribution in [2.24, 2.45) is 0 Å². The largest absolute Gasteiger partial charge is 0.478 e. The van der Waals surface area contributed by atoms with E-state index >= 15 is 0 Å². The first kappa shape index (κ1) is 12.0. The first-order chi connectivity index (χ1) is 9.09. The van der Waals surface area contributed by atoms with Gasteiger partial charge in [-0.05, 0) is 37.5 Å². The quantitative estimate of drug-likeness (QED) is 0.836. The van der Waals surface area contributed by atoms with Gasteiger partial charge in [-0.25, -0.2) is 4.79 Å². The second-order valence-electron chi connectivity index (χ2n) is 5.12. The number of hydrogen-bond acceptors (Lipinski definition) is 3. The summed E-state index contributed by atoms with van der Waals surface area (Å²) in [6.45, 7) is 0.786. The Morgan fingerprint density at radius 2 is 2.16 bits per heavy atom. The van der Waals surface area contributed by atoms with Crippen LogP contribution in [-0.4, -0.2) is 41.6 Å². The maximum absolute atomic E-state index is 12.4. The Hall–Kier alpha value is -2.04. The number of benzene rings is 1. The number of carboxylic acid groups (broad SMARTS) is 1. The second kappa shape index (κ2) is 4.26. The van der Waals surface area contributed by atoms with Crippen LogP contribution in [0.5, 0.6) is 0 Å². The Morgan fingerprint density at radius 1 is 1.37 bits per heavy atom. The fraction of sp³-hybridized carbons (Fsp3) is 0.429. The second-order valence-corrected chi connectivity index (χ2v) is 5.12. The van der Waals surface area contributed by atoms with Gasteiger partial charge in [-0.15, -0.1) is 0 Å². The van der Waals surface area contributed by atoms with Gasteiger partial charge in [-0.1, -0.05) is 0 Å². The molecule has 2 heterocycles. The highest BCUT2D eigenvalue weighted by atomic mass is 16.4. The third-order valence-electron chi connectivity index (χ3n) is 4.03. The molecule has 1 saturated heterocycles. The van der Waals surface area contributed by atoms with E-state index in [1.165, 1.54) is 6.07 Å². The van der Waals surface area contributed by atoms with Crippen molar-refractivity contribution in [3.05, 3.63) is 29.3 Å². The van der Waals surface area contributed by atoms with Crippen molar-refractivity contribution in [2.75, 3.05) is 18.5 Å². The Labute approximate surface area is 111 Å². The van der Waals surface area contributed by atoms with Gasteiger partial charge in [0.15, 0.2) is 0 Å². The molecule has 100 valence electrons. The van der Waals surface area contributed by atoms with Crippen LogP contribution >= 0.6 is 0 Å². The summed E-state index contributed by atoms with van der Waals surface area (Å²) in [5.41, 5.74) is 1.56. The molecule has 5 nitrogen and oxygen atoms in total. The maximum Gasteiger partial charge on any atom is 0.335 e. The SMILES string of the molecule is CN1c2cc(C(=O)O)ccc2C(=O)N2CCCCC21. The van der Waals surface area contributed by atoms with Crippen LogP contribution in [0, 0.1) is 0 Å². The molecule has 2 aliphatic rings. The average molecular weight is 260 g/mol. The van der Waals surface area contributed by atoms with Gasteiger partial charge in [0, 0.05) is 13.6 Å². The number of hydrogen-bond donors (Lipinski definition) is 1. The van der Waals surface area contributed by atoms with Gasteiger partial charge in [0.2, 0.25) is 0 Å². The van der Waals surface area contributed by atoms with Crippen molar-refractivity contribution in [3.63, 3.8) is 0 Å². The zero-order valence-electron chi connectivity index (χ0n) is 10.8. The minimum atomic E-state index is -0.963. The molecule has 0 radical (unpaired) electrons.